The Hall–Kier alpha value is -1.06. The van der Waals surface area contributed by atoms with Crippen LogP contribution in [0.5, 0.6) is 5.75 Å². The van der Waals surface area contributed by atoms with E-state index in [0.717, 1.165) is 16.9 Å². The van der Waals surface area contributed by atoms with Crippen LogP contribution in [0.3, 0.4) is 0 Å². The zero-order valence-corrected chi connectivity index (χ0v) is 12.0. The molecule has 0 heterocycles. The fraction of sp³-hybridized carbons (Fsp3) is 0.600. The lowest BCUT2D eigenvalue weighted by molar-refractivity contribution is -0.0268. The first kappa shape index (κ1) is 15.0. The molecule has 18 heavy (non-hydrogen) atoms. The average Bonchev–Trinajstić information content (AvgIpc) is 2.26. The Morgan fingerprint density at radius 1 is 1.33 bits per heavy atom. The van der Waals surface area contributed by atoms with Gasteiger partial charge in [0.05, 0.1) is 5.60 Å². The van der Waals surface area contributed by atoms with E-state index in [0.29, 0.717) is 6.61 Å². The van der Waals surface area contributed by atoms with E-state index in [-0.39, 0.29) is 12.0 Å². The molecule has 3 N–H and O–H groups in total. The number of benzene rings is 1. The molecule has 1 aromatic rings. The van der Waals surface area contributed by atoms with Gasteiger partial charge in [-0.2, -0.15) is 0 Å². The average molecular weight is 251 g/mol. The minimum absolute atomic E-state index is 0.0246. The molecule has 0 bridgehead atoms. The van der Waals surface area contributed by atoms with E-state index in [4.69, 9.17) is 10.5 Å². The van der Waals surface area contributed by atoms with Gasteiger partial charge < -0.3 is 15.6 Å². The van der Waals surface area contributed by atoms with Gasteiger partial charge in [-0.25, -0.2) is 0 Å². The smallest absolute Gasteiger partial charge is 0.122 e. The van der Waals surface area contributed by atoms with Crippen molar-refractivity contribution in [3.8, 4) is 5.75 Å². The van der Waals surface area contributed by atoms with Crippen LogP contribution in [0.1, 0.15) is 44.9 Å². The molecule has 0 fully saturated rings. The lowest BCUT2D eigenvalue weighted by Gasteiger charge is -2.28. The highest BCUT2D eigenvalue weighted by atomic mass is 16.5. The van der Waals surface area contributed by atoms with E-state index < -0.39 is 5.60 Å². The van der Waals surface area contributed by atoms with Crippen molar-refractivity contribution in [3.05, 3.63) is 29.3 Å². The molecule has 0 radical (unpaired) electrons. The third-order valence-corrected chi connectivity index (χ3v) is 3.49. The fourth-order valence-corrected chi connectivity index (χ4v) is 1.51. The maximum atomic E-state index is 10.1. The summed E-state index contributed by atoms with van der Waals surface area (Å²) in [6.45, 7) is 10.0. The summed E-state index contributed by atoms with van der Waals surface area (Å²) in [7, 11) is 0. The highest BCUT2D eigenvalue weighted by Gasteiger charge is 2.26. The standard InChI is InChI=1S/C15H25NO2/c1-10(2)15(5,17)9-18-14-7-6-13(12(4)16)8-11(14)3/h6-8,10,12,17H,9,16H2,1-5H3/t12-,15?/m0/s1. The summed E-state index contributed by atoms with van der Waals surface area (Å²) in [5.41, 5.74) is 7.16. The highest BCUT2D eigenvalue weighted by Crippen LogP contribution is 2.24. The number of aliphatic hydroxyl groups is 1. The van der Waals surface area contributed by atoms with Crippen molar-refractivity contribution < 1.29 is 9.84 Å². The third kappa shape index (κ3) is 3.72. The summed E-state index contributed by atoms with van der Waals surface area (Å²) in [5, 5.41) is 10.1. The van der Waals surface area contributed by atoms with Crippen LogP contribution in [0.15, 0.2) is 18.2 Å². The van der Waals surface area contributed by atoms with Crippen molar-refractivity contribution in [2.45, 2.75) is 46.3 Å². The lowest BCUT2D eigenvalue weighted by Crippen LogP contribution is -2.37. The molecule has 0 aromatic heterocycles. The van der Waals surface area contributed by atoms with Crippen molar-refractivity contribution in [1.82, 2.24) is 0 Å². The molecule has 0 saturated heterocycles. The first-order valence-corrected chi connectivity index (χ1v) is 6.45. The maximum absolute atomic E-state index is 10.1. The Kier molecular flexibility index (Phi) is 4.77. The van der Waals surface area contributed by atoms with Crippen LogP contribution in [0.4, 0.5) is 0 Å². The second kappa shape index (κ2) is 5.72. The lowest BCUT2D eigenvalue weighted by atomic mass is 9.94. The number of rotatable bonds is 5. The summed E-state index contributed by atoms with van der Waals surface area (Å²) < 4.78 is 5.71. The van der Waals surface area contributed by atoms with Gasteiger partial charge in [0.15, 0.2) is 0 Å². The van der Waals surface area contributed by atoms with Gasteiger partial charge in [-0.1, -0.05) is 26.0 Å². The molecule has 0 saturated carbocycles. The number of hydrogen-bond donors (Lipinski definition) is 2. The molecule has 1 aromatic carbocycles. The Labute approximate surface area is 110 Å². The first-order chi connectivity index (χ1) is 8.24. The Bertz CT molecular complexity index is 397. The minimum Gasteiger partial charge on any atom is -0.490 e. The van der Waals surface area contributed by atoms with E-state index in [2.05, 4.69) is 0 Å². The second-order valence-corrected chi connectivity index (χ2v) is 5.61. The quantitative estimate of drug-likeness (QED) is 0.846. The fourth-order valence-electron chi connectivity index (χ4n) is 1.51. The summed E-state index contributed by atoms with van der Waals surface area (Å²) in [6, 6.07) is 5.95. The second-order valence-electron chi connectivity index (χ2n) is 5.61. The molecule has 3 nitrogen and oxygen atoms in total. The summed E-state index contributed by atoms with van der Waals surface area (Å²) in [5.74, 6) is 0.960. The topological polar surface area (TPSA) is 55.5 Å². The summed E-state index contributed by atoms with van der Waals surface area (Å²) >= 11 is 0. The van der Waals surface area contributed by atoms with Crippen LogP contribution in [-0.4, -0.2) is 17.3 Å². The third-order valence-electron chi connectivity index (χ3n) is 3.49. The van der Waals surface area contributed by atoms with Crippen LogP contribution in [-0.2, 0) is 0 Å². The van der Waals surface area contributed by atoms with E-state index in [1.54, 1.807) is 6.92 Å². The van der Waals surface area contributed by atoms with Gasteiger partial charge in [-0.15, -0.1) is 0 Å². The maximum Gasteiger partial charge on any atom is 0.122 e. The minimum atomic E-state index is -0.813. The number of ether oxygens (including phenoxy) is 1. The Morgan fingerprint density at radius 3 is 2.39 bits per heavy atom. The van der Waals surface area contributed by atoms with Gasteiger partial charge in [0.25, 0.3) is 0 Å². The number of hydrogen-bond acceptors (Lipinski definition) is 3. The normalized spacial score (nSPS) is 16.4. The molecule has 1 rings (SSSR count). The Morgan fingerprint density at radius 2 is 1.94 bits per heavy atom. The summed E-state index contributed by atoms with van der Waals surface area (Å²) in [4.78, 5) is 0. The van der Waals surface area contributed by atoms with Crippen molar-refractivity contribution in [2.75, 3.05) is 6.61 Å². The van der Waals surface area contributed by atoms with Crippen LogP contribution in [0.25, 0.3) is 0 Å². The Balaban J connectivity index is 2.75. The molecule has 0 amide bonds. The van der Waals surface area contributed by atoms with Crippen molar-refractivity contribution in [3.63, 3.8) is 0 Å². The SMILES string of the molecule is Cc1cc([C@H](C)N)ccc1OCC(C)(O)C(C)C. The van der Waals surface area contributed by atoms with Crippen LogP contribution in [0.2, 0.25) is 0 Å². The van der Waals surface area contributed by atoms with Gasteiger partial charge in [-0.3, -0.25) is 0 Å². The molecule has 1 unspecified atom stereocenters. The largest absolute Gasteiger partial charge is 0.490 e. The van der Waals surface area contributed by atoms with Gasteiger partial charge in [0.2, 0.25) is 0 Å². The number of nitrogens with two attached hydrogens (primary N) is 1. The van der Waals surface area contributed by atoms with E-state index in [1.165, 1.54) is 0 Å². The zero-order valence-electron chi connectivity index (χ0n) is 12.0. The molecule has 3 heteroatoms. The molecule has 0 aliphatic carbocycles. The van der Waals surface area contributed by atoms with Gasteiger partial charge in [0, 0.05) is 6.04 Å². The molecule has 0 aliphatic heterocycles. The number of aryl methyl sites for hydroxylation is 1. The predicted octanol–water partition coefficient (Wildman–Crippen LogP) is 2.80. The van der Waals surface area contributed by atoms with Crippen molar-refractivity contribution >= 4 is 0 Å². The molecule has 0 spiro atoms. The monoisotopic (exact) mass is 251 g/mol. The summed E-state index contributed by atoms with van der Waals surface area (Å²) in [6.07, 6.45) is 0. The van der Waals surface area contributed by atoms with Crippen LogP contribution in [0, 0.1) is 12.8 Å². The molecule has 102 valence electrons. The van der Waals surface area contributed by atoms with E-state index >= 15 is 0 Å². The zero-order chi connectivity index (χ0) is 13.9. The van der Waals surface area contributed by atoms with Gasteiger partial charge in [0.1, 0.15) is 12.4 Å². The van der Waals surface area contributed by atoms with Gasteiger partial charge in [-0.05, 0) is 43.9 Å². The van der Waals surface area contributed by atoms with E-state index in [1.807, 2.05) is 45.9 Å². The van der Waals surface area contributed by atoms with Crippen LogP contribution >= 0.6 is 0 Å². The molecular formula is C15H25NO2. The molecule has 0 aliphatic rings. The van der Waals surface area contributed by atoms with Crippen molar-refractivity contribution in [1.29, 1.82) is 0 Å². The predicted molar refractivity (Wildman–Crippen MR) is 74.7 cm³/mol. The molecular weight excluding hydrogens is 226 g/mol. The van der Waals surface area contributed by atoms with Crippen LogP contribution < -0.4 is 10.5 Å². The molecule has 2 atom stereocenters. The van der Waals surface area contributed by atoms with Gasteiger partial charge >= 0.3 is 0 Å². The first-order valence-electron chi connectivity index (χ1n) is 6.45. The van der Waals surface area contributed by atoms with Crippen molar-refractivity contribution in [2.24, 2.45) is 11.7 Å². The highest BCUT2D eigenvalue weighted by molar-refractivity contribution is 5.37. The van der Waals surface area contributed by atoms with E-state index in [9.17, 15) is 5.11 Å².